The van der Waals surface area contributed by atoms with E-state index in [1.165, 1.54) is 7.11 Å². The van der Waals surface area contributed by atoms with Crippen molar-refractivity contribution < 1.29 is 19.1 Å². The van der Waals surface area contributed by atoms with Gasteiger partial charge in [-0.1, -0.05) is 0 Å². The molecule has 6 heteroatoms. The SMILES string of the molecule is COC(=O)c1ccc2c(c1)CC(=O)N2CCN1CCOCC1. The van der Waals surface area contributed by atoms with Crippen LogP contribution in [0.15, 0.2) is 18.2 Å². The quantitative estimate of drug-likeness (QED) is 0.766. The molecule has 2 aliphatic rings. The Morgan fingerprint density at radius 3 is 2.77 bits per heavy atom. The minimum absolute atomic E-state index is 0.0882. The minimum Gasteiger partial charge on any atom is -0.465 e. The molecule has 0 spiro atoms. The summed E-state index contributed by atoms with van der Waals surface area (Å²) in [7, 11) is 1.36. The fourth-order valence-corrected chi connectivity index (χ4v) is 2.94. The zero-order valence-electron chi connectivity index (χ0n) is 12.7. The molecule has 0 unspecified atom stereocenters. The number of hydrogen-bond donors (Lipinski definition) is 0. The summed E-state index contributed by atoms with van der Waals surface area (Å²) in [5.41, 5.74) is 2.30. The molecule has 0 N–H and O–H groups in total. The summed E-state index contributed by atoms with van der Waals surface area (Å²) in [6, 6.07) is 5.31. The molecule has 1 aromatic carbocycles. The molecular formula is C16H20N2O4. The minimum atomic E-state index is -0.373. The van der Waals surface area contributed by atoms with Gasteiger partial charge in [0.15, 0.2) is 0 Å². The molecule has 1 amide bonds. The van der Waals surface area contributed by atoms with Crippen molar-refractivity contribution >= 4 is 17.6 Å². The van der Waals surface area contributed by atoms with Crippen molar-refractivity contribution in [2.75, 3.05) is 51.4 Å². The summed E-state index contributed by atoms with van der Waals surface area (Å²) in [5.74, 6) is -0.285. The number of anilines is 1. The van der Waals surface area contributed by atoms with E-state index in [0.29, 0.717) is 18.5 Å². The van der Waals surface area contributed by atoms with Crippen LogP contribution in [0.5, 0.6) is 0 Å². The van der Waals surface area contributed by atoms with E-state index in [4.69, 9.17) is 9.47 Å². The van der Waals surface area contributed by atoms with E-state index >= 15 is 0 Å². The second kappa shape index (κ2) is 6.46. The predicted molar refractivity (Wildman–Crippen MR) is 81.1 cm³/mol. The first-order valence-electron chi connectivity index (χ1n) is 7.51. The number of carbonyl (C=O) groups is 2. The van der Waals surface area contributed by atoms with Crippen molar-refractivity contribution in [1.29, 1.82) is 0 Å². The van der Waals surface area contributed by atoms with Crippen LogP contribution in [0.2, 0.25) is 0 Å². The van der Waals surface area contributed by atoms with Gasteiger partial charge < -0.3 is 14.4 Å². The number of methoxy groups -OCH3 is 1. The van der Waals surface area contributed by atoms with Gasteiger partial charge in [0.2, 0.25) is 5.91 Å². The van der Waals surface area contributed by atoms with E-state index < -0.39 is 0 Å². The van der Waals surface area contributed by atoms with E-state index in [2.05, 4.69) is 4.90 Å². The van der Waals surface area contributed by atoms with Crippen molar-refractivity contribution in [2.24, 2.45) is 0 Å². The molecule has 1 fully saturated rings. The van der Waals surface area contributed by atoms with Crippen LogP contribution in [-0.2, 0) is 20.7 Å². The average Bonchev–Trinajstić information content (AvgIpc) is 2.87. The summed E-state index contributed by atoms with van der Waals surface area (Å²) in [6.07, 6.45) is 0.350. The molecule has 6 nitrogen and oxygen atoms in total. The maximum atomic E-state index is 12.2. The van der Waals surface area contributed by atoms with Crippen molar-refractivity contribution in [3.63, 3.8) is 0 Å². The lowest BCUT2D eigenvalue weighted by molar-refractivity contribution is -0.117. The van der Waals surface area contributed by atoms with Gasteiger partial charge in [0, 0.05) is 31.9 Å². The Labute approximate surface area is 129 Å². The van der Waals surface area contributed by atoms with Gasteiger partial charge in [-0.25, -0.2) is 4.79 Å². The molecule has 118 valence electrons. The van der Waals surface area contributed by atoms with Crippen LogP contribution in [0.1, 0.15) is 15.9 Å². The van der Waals surface area contributed by atoms with Crippen LogP contribution in [0.3, 0.4) is 0 Å². The van der Waals surface area contributed by atoms with Crippen LogP contribution in [0, 0.1) is 0 Å². The molecule has 0 aliphatic carbocycles. The van der Waals surface area contributed by atoms with Gasteiger partial charge in [-0.2, -0.15) is 0 Å². The lowest BCUT2D eigenvalue weighted by atomic mass is 10.1. The van der Waals surface area contributed by atoms with Crippen molar-refractivity contribution in [3.8, 4) is 0 Å². The Kier molecular flexibility index (Phi) is 4.40. The fourth-order valence-electron chi connectivity index (χ4n) is 2.94. The number of hydrogen-bond acceptors (Lipinski definition) is 5. The van der Waals surface area contributed by atoms with Crippen LogP contribution >= 0.6 is 0 Å². The Hall–Kier alpha value is -1.92. The normalized spacial score (nSPS) is 18.4. The van der Waals surface area contributed by atoms with E-state index in [9.17, 15) is 9.59 Å². The van der Waals surface area contributed by atoms with Gasteiger partial charge in [0.1, 0.15) is 0 Å². The first-order valence-corrected chi connectivity index (χ1v) is 7.51. The van der Waals surface area contributed by atoms with Crippen LogP contribution < -0.4 is 4.90 Å². The molecule has 0 radical (unpaired) electrons. The van der Waals surface area contributed by atoms with Gasteiger partial charge in [0.05, 0.1) is 32.3 Å². The van der Waals surface area contributed by atoms with Crippen LogP contribution in [-0.4, -0.2) is 63.3 Å². The molecule has 0 bridgehead atoms. The molecule has 1 saturated heterocycles. The maximum absolute atomic E-state index is 12.2. The average molecular weight is 304 g/mol. The van der Waals surface area contributed by atoms with Gasteiger partial charge in [-0.3, -0.25) is 9.69 Å². The number of benzene rings is 1. The fraction of sp³-hybridized carbons (Fsp3) is 0.500. The standard InChI is InChI=1S/C16H20N2O4/c1-21-16(20)12-2-3-14-13(10-12)11-15(19)18(14)5-4-17-6-8-22-9-7-17/h2-3,10H,4-9,11H2,1H3. The van der Waals surface area contributed by atoms with Gasteiger partial charge >= 0.3 is 5.97 Å². The monoisotopic (exact) mass is 304 g/mol. The van der Waals surface area contributed by atoms with Crippen molar-refractivity contribution in [2.45, 2.75) is 6.42 Å². The highest BCUT2D eigenvalue weighted by Gasteiger charge is 2.28. The number of ether oxygens (including phenoxy) is 2. The van der Waals surface area contributed by atoms with E-state index in [1.807, 2.05) is 11.0 Å². The van der Waals surface area contributed by atoms with Crippen molar-refractivity contribution in [1.82, 2.24) is 4.90 Å². The number of morpholine rings is 1. The molecule has 22 heavy (non-hydrogen) atoms. The lowest BCUT2D eigenvalue weighted by Crippen LogP contribution is -2.42. The van der Waals surface area contributed by atoms with Gasteiger partial charge in [0.25, 0.3) is 0 Å². The second-order valence-electron chi connectivity index (χ2n) is 5.51. The predicted octanol–water partition coefficient (Wildman–Crippen LogP) is 0.695. The highest BCUT2D eigenvalue weighted by molar-refractivity contribution is 6.02. The van der Waals surface area contributed by atoms with Crippen molar-refractivity contribution in [3.05, 3.63) is 29.3 Å². The van der Waals surface area contributed by atoms with Crippen LogP contribution in [0.25, 0.3) is 0 Å². The van der Waals surface area contributed by atoms with Gasteiger partial charge in [-0.05, 0) is 23.8 Å². The Bertz CT molecular complexity index is 582. The number of nitrogens with zero attached hydrogens (tertiary/aromatic N) is 2. The van der Waals surface area contributed by atoms with E-state index in [1.54, 1.807) is 12.1 Å². The molecular weight excluding hydrogens is 284 g/mol. The smallest absolute Gasteiger partial charge is 0.337 e. The highest BCUT2D eigenvalue weighted by Crippen LogP contribution is 2.29. The first kappa shape index (κ1) is 15.0. The summed E-state index contributed by atoms with van der Waals surface area (Å²) < 4.78 is 10.0. The lowest BCUT2D eigenvalue weighted by Gasteiger charge is -2.28. The third kappa shape index (κ3) is 2.98. The van der Waals surface area contributed by atoms with Crippen LogP contribution in [0.4, 0.5) is 5.69 Å². The summed E-state index contributed by atoms with van der Waals surface area (Å²) in [4.78, 5) is 27.9. The molecule has 0 saturated carbocycles. The summed E-state index contributed by atoms with van der Waals surface area (Å²) in [6.45, 7) is 4.85. The maximum Gasteiger partial charge on any atom is 0.337 e. The largest absolute Gasteiger partial charge is 0.465 e. The first-order chi connectivity index (χ1) is 10.7. The topological polar surface area (TPSA) is 59.1 Å². The number of esters is 1. The number of fused-ring (bicyclic) bond motifs is 1. The zero-order valence-corrected chi connectivity index (χ0v) is 12.7. The Morgan fingerprint density at radius 2 is 2.05 bits per heavy atom. The second-order valence-corrected chi connectivity index (χ2v) is 5.51. The summed E-state index contributed by atoms with van der Waals surface area (Å²) >= 11 is 0. The van der Waals surface area contributed by atoms with E-state index in [0.717, 1.165) is 44.1 Å². The number of amides is 1. The molecule has 1 aromatic rings. The Morgan fingerprint density at radius 1 is 1.27 bits per heavy atom. The number of carbonyl (C=O) groups excluding carboxylic acids is 2. The van der Waals surface area contributed by atoms with E-state index in [-0.39, 0.29) is 11.9 Å². The Balaban J connectivity index is 1.69. The molecule has 0 aromatic heterocycles. The molecule has 0 atom stereocenters. The molecule has 2 heterocycles. The van der Waals surface area contributed by atoms with Gasteiger partial charge in [-0.15, -0.1) is 0 Å². The molecule has 2 aliphatic heterocycles. The third-order valence-electron chi connectivity index (χ3n) is 4.18. The third-order valence-corrected chi connectivity index (χ3v) is 4.18. The number of rotatable bonds is 4. The highest BCUT2D eigenvalue weighted by atomic mass is 16.5. The molecule has 3 rings (SSSR count). The zero-order chi connectivity index (χ0) is 15.5. The summed E-state index contributed by atoms with van der Waals surface area (Å²) in [5, 5.41) is 0.